The van der Waals surface area contributed by atoms with Gasteiger partial charge >= 0.3 is 0 Å². The number of nitrogens with zero attached hydrogens (tertiary/aromatic N) is 2. The van der Waals surface area contributed by atoms with Crippen molar-refractivity contribution in [1.82, 2.24) is 9.55 Å². The van der Waals surface area contributed by atoms with Crippen molar-refractivity contribution in [3.63, 3.8) is 0 Å². The highest BCUT2D eigenvalue weighted by Crippen LogP contribution is 2.26. The van der Waals surface area contributed by atoms with Crippen molar-refractivity contribution in [2.75, 3.05) is 5.32 Å². The monoisotopic (exact) mass is 333 g/mol. The van der Waals surface area contributed by atoms with Crippen LogP contribution in [0, 0.1) is 19.7 Å². The van der Waals surface area contributed by atoms with Crippen LogP contribution in [0.4, 0.5) is 10.1 Å². The number of carbonyl (C=O) groups is 1. The molecule has 0 aliphatic rings. The van der Waals surface area contributed by atoms with Crippen LogP contribution in [0.25, 0.3) is 10.9 Å². The van der Waals surface area contributed by atoms with E-state index in [4.69, 9.17) is 0 Å². The molecule has 3 rings (SSSR count). The lowest BCUT2D eigenvalue weighted by Crippen LogP contribution is -2.15. The van der Waals surface area contributed by atoms with Gasteiger partial charge < -0.3 is 9.88 Å². The van der Waals surface area contributed by atoms with Crippen molar-refractivity contribution >= 4 is 34.9 Å². The molecular weight excluding hydrogens is 317 g/mol. The Hall–Kier alpha value is -2.40. The summed E-state index contributed by atoms with van der Waals surface area (Å²) in [5.41, 5.74) is 3.93. The summed E-state index contributed by atoms with van der Waals surface area (Å²) in [6.07, 6.45) is 1.63. The summed E-state index contributed by atoms with van der Waals surface area (Å²) in [6, 6.07) is 7.57. The number of hydrogen-bond acceptors (Lipinski definition) is 2. The van der Waals surface area contributed by atoms with Crippen molar-refractivity contribution < 1.29 is 9.18 Å². The molecule has 0 spiro atoms. The number of aryl methyl sites for hydroxylation is 2. The van der Waals surface area contributed by atoms with Crippen LogP contribution in [0.2, 0.25) is 0 Å². The molecule has 1 aromatic carbocycles. The standard InChI is InChI=1S/C17H16FN3O.ClH/c1-10-11(2)21(3)16-14(10)8-9-19-15(16)17(22)20-13-6-4-12(18)5-7-13;/h4-9H,1-3H3,(H,20,22);1H. The largest absolute Gasteiger partial charge is 0.346 e. The fourth-order valence-electron chi connectivity index (χ4n) is 2.60. The van der Waals surface area contributed by atoms with E-state index in [0.29, 0.717) is 11.4 Å². The van der Waals surface area contributed by atoms with E-state index in [0.717, 1.165) is 22.2 Å². The number of pyridine rings is 1. The molecule has 120 valence electrons. The van der Waals surface area contributed by atoms with E-state index in [2.05, 4.69) is 10.3 Å². The van der Waals surface area contributed by atoms with Gasteiger partial charge in [0.15, 0.2) is 5.69 Å². The van der Waals surface area contributed by atoms with Gasteiger partial charge in [-0.2, -0.15) is 0 Å². The van der Waals surface area contributed by atoms with Crippen molar-refractivity contribution in [1.29, 1.82) is 0 Å². The number of hydrogen-bond donors (Lipinski definition) is 1. The van der Waals surface area contributed by atoms with E-state index < -0.39 is 0 Å². The van der Waals surface area contributed by atoms with Crippen LogP contribution in [0.5, 0.6) is 0 Å². The molecule has 0 aliphatic heterocycles. The molecule has 0 bridgehead atoms. The lowest BCUT2D eigenvalue weighted by Gasteiger charge is -2.07. The molecule has 0 unspecified atom stereocenters. The first-order valence-corrected chi connectivity index (χ1v) is 6.96. The fourth-order valence-corrected chi connectivity index (χ4v) is 2.60. The molecular formula is C17H17ClFN3O. The molecule has 0 fully saturated rings. The number of benzene rings is 1. The van der Waals surface area contributed by atoms with Crippen LogP contribution < -0.4 is 5.32 Å². The second-order valence-electron chi connectivity index (χ2n) is 5.29. The number of nitrogens with one attached hydrogen (secondary N) is 1. The topological polar surface area (TPSA) is 46.9 Å². The molecule has 2 heterocycles. The van der Waals surface area contributed by atoms with Crippen molar-refractivity contribution in [3.05, 3.63) is 59.3 Å². The van der Waals surface area contributed by atoms with Crippen LogP contribution in [-0.4, -0.2) is 15.5 Å². The Labute approximate surface area is 139 Å². The smallest absolute Gasteiger partial charge is 0.276 e. The Morgan fingerprint density at radius 2 is 1.83 bits per heavy atom. The number of halogens is 2. The summed E-state index contributed by atoms with van der Waals surface area (Å²) in [4.78, 5) is 16.7. The first kappa shape index (κ1) is 17.0. The Morgan fingerprint density at radius 1 is 1.17 bits per heavy atom. The third kappa shape index (κ3) is 2.92. The van der Waals surface area contributed by atoms with E-state index in [1.54, 1.807) is 6.20 Å². The van der Waals surface area contributed by atoms with E-state index in [1.807, 2.05) is 31.5 Å². The Bertz CT molecular complexity index is 872. The van der Waals surface area contributed by atoms with Gasteiger partial charge in [0.05, 0.1) is 5.52 Å². The van der Waals surface area contributed by atoms with Crippen molar-refractivity contribution in [2.45, 2.75) is 13.8 Å². The summed E-state index contributed by atoms with van der Waals surface area (Å²) in [5.74, 6) is -0.648. The van der Waals surface area contributed by atoms with Gasteiger partial charge in [0.2, 0.25) is 0 Å². The Kier molecular flexibility index (Phi) is 4.71. The van der Waals surface area contributed by atoms with Crippen LogP contribution in [-0.2, 0) is 7.05 Å². The summed E-state index contributed by atoms with van der Waals surface area (Å²) in [5, 5.41) is 3.77. The molecule has 0 saturated heterocycles. The molecule has 0 atom stereocenters. The number of rotatable bonds is 2. The van der Waals surface area contributed by atoms with E-state index >= 15 is 0 Å². The maximum atomic E-state index is 12.9. The average Bonchev–Trinajstić information content (AvgIpc) is 2.74. The lowest BCUT2D eigenvalue weighted by atomic mass is 10.1. The normalized spacial score (nSPS) is 10.4. The number of anilines is 1. The first-order valence-electron chi connectivity index (χ1n) is 6.96. The van der Waals surface area contributed by atoms with Gasteiger partial charge in [-0.25, -0.2) is 9.37 Å². The summed E-state index contributed by atoms with van der Waals surface area (Å²) in [7, 11) is 1.92. The molecule has 23 heavy (non-hydrogen) atoms. The first-order chi connectivity index (χ1) is 10.5. The Morgan fingerprint density at radius 3 is 2.48 bits per heavy atom. The average molecular weight is 334 g/mol. The van der Waals surface area contributed by atoms with Gasteiger partial charge in [-0.3, -0.25) is 4.79 Å². The van der Waals surface area contributed by atoms with Crippen LogP contribution in [0.15, 0.2) is 36.5 Å². The van der Waals surface area contributed by atoms with Gasteiger partial charge in [0.25, 0.3) is 5.91 Å². The molecule has 3 aromatic rings. The van der Waals surface area contributed by atoms with Gasteiger partial charge in [0, 0.05) is 30.0 Å². The zero-order valence-corrected chi connectivity index (χ0v) is 13.9. The third-order valence-electron chi connectivity index (χ3n) is 4.03. The maximum absolute atomic E-state index is 12.9. The molecule has 4 nitrogen and oxygen atoms in total. The molecule has 0 aliphatic carbocycles. The second kappa shape index (κ2) is 6.38. The third-order valence-corrected chi connectivity index (χ3v) is 4.03. The van der Waals surface area contributed by atoms with Crippen molar-refractivity contribution in [2.24, 2.45) is 7.05 Å². The Balaban J connectivity index is 0.00000192. The predicted molar refractivity (Wildman–Crippen MR) is 91.8 cm³/mol. The molecule has 2 aromatic heterocycles. The predicted octanol–water partition coefficient (Wildman–Crippen LogP) is 4.00. The van der Waals surface area contributed by atoms with E-state index in [9.17, 15) is 9.18 Å². The minimum absolute atomic E-state index is 0. The summed E-state index contributed by atoms with van der Waals surface area (Å²) >= 11 is 0. The molecule has 1 N–H and O–H groups in total. The quantitative estimate of drug-likeness (QED) is 0.770. The SMILES string of the molecule is Cc1c(C)n(C)c2c(C(=O)Nc3ccc(F)cc3)nccc12.Cl. The lowest BCUT2D eigenvalue weighted by molar-refractivity contribution is 0.102. The second-order valence-corrected chi connectivity index (χ2v) is 5.29. The fraction of sp³-hybridized carbons (Fsp3) is 0.176. The van der Waals surface area contributed by atoms with Gasteiger partial charge in [0.1, 0.15) is 5.82 Å². The zero-order chi connectivity index (χ0) is 15.9. The van der Waals surface area contributed by atoms with Gasteiger partial charge in [-0.05, 0) is 49.7 Å². The number of fused-ring (bicyclic) bond motifs is 1. The highest BCUT2D eigenvalue weighted by molar-refractivity contribution is 6.11. The number of carbonyl (C=O) groups excluding carboxylic acids is 1. The van der Waals surface area contributed by atoms with Gasteiger partial charge in [-0.15, -0.1) is 12.4 Å². The summed E-state index contributed by atoms with van der Waals surface area (Å²) < 4.78 is 14.9. The number of amides is 1. The minimum Gasteiger partial charge on any atom is -0.346 e. The van der Waals surface area contributed by atoms with Crippen LogP contribution in [0.1, 0.15) is 21.7 Å². The molecule has 0 radical (unpaired) electrons. The highest BCUT2D eigenvalue weighted by Gasteiger charge is 2.18. The molecule has 1 amide bonds. The van der Waals surface area contributed by atoms with Crippen molar-refractivity contribution in [3.8, 4) is 0 Å². The van der Waals surface area contributed by atoms with Crippen LogP contribution in [0.3, 0.4) is 0 Å². The molecule has 0 saturated carbocycles. The van der Waals surface area contributed by atoms with E-state index in [1.165, 1.54) is 24.3 Å². The highest BCUT2D eigenvalue weighted by atomic mass is 35.5. The van der Waals surface area contributed by atoms with Gasteiger partial charge in [-0.1, -0.05) is 0 Å². The summed E-state index contributed by atoms with van der Waals surface area (Å²) in [6.45, 7) is 4.04. The zero-order valence-electron chi connectivity index (χ0n) is 13.1. The number of aromatic nitrogens is 2. The maximum Gasteiger partial charge on any atom is 0.276 e. The minimum atomic E-state index is -0.341. The van der Waals surface area contributed by atoms with E-state index in [-0.39, 0.29) is 24.1 Å². The molecule has 6 heteroatoms. The van der Waals surface area contributed by atoms with Crippen LogP contribution >= 0.6 is 12.4 Å².